The Morgan fingerprint density at radius 3 is 2.95 bits per heavy atom. The minimum atomic E-state index is -3.42. The molecule has 0 spiro atoms. The summed E-state index contributed by atoms with van der Waals surface area (Å²) in [5, 5.41) is 10.6. The second-order valence-corrected chi connectivity index (χ2v) is 7.74. The number of aliphatic hydroxyl groups excluding tert-OH is 1. The van der Waals surface area contributed by atoms with Crippen LogP contribution in [0, 0.1) is 5.92 Å². The van der Waals surface area contributed by atoms with Crippen molar-refractivity contribution in [2.45, 2.75) is 24.2 Å². The highest BCUT2D eigenvalue weighted by Crippen LogP contribution is 2.21. The Morgan fingerprint density at radius 1 is 1.58 bits per heavy atom. The van der Waals surface area contributed by atoms with Gasteiger partial charge in [-0.15, -0.1) is 11.3 Å². The van der Waals surface area contributed by atoms with E-state index < -0.39 is 10.0 Å². The van der Waals surface area contributed by atoms with E-state index in [0.717, 1.165) is 37.4 Å². The van der Waals surface area contributed by atoms with Gasteiger partial charge in [0.2, 0.25) is 10.0 Å². The van der Waals surface area contributed by atoms with E-state index in [1.165, 1.54) is 6.07 Å². The molecule has 108 valence electrons. The highest BCUT2D eigenvalue weighted by molar-refractivity contribution is 7.91. The summed E-state index contributed by atoms with van der Waals surface area (Å²) >= 11 is 1.15. The van der Waals surface area contributed by atoms with Gasteiger partial charge < -0.3 is 10.0 Å². The van der Waals surface area contributed by atoms with Crippen LogP contribution in [0.4, 0.5) is 0 Å². The van der Waals surface area contributed by atoms with Crippen LogP contribution in [-0.2, 0) is 16.6 Å². The van der Waals surface area contributed by atoms with Crippen LogP contribution in [0.1, 0.15) is 18.9 Å². The van der Waals surface area contributed by atoms with Crippen LogP contribution in [-0.4, -0.2) is 44.6 Å². The quantitative estimate of drug-likeness (QED) is 0.818. The monoisotopic (exact) mass is 304 g/mol. The molecular formula is C12H20N2O3S2. The average molecular weight is 304 g/mol. The number of aliphatic hydroxyl groups is 1. The smallest absolute Gasteiger partial charge is 0.250 e. The Bertz CT molecular complexity index is 513. The topological polar surface area (TPSA) is 69.6 Å². The van der Waals surface area contributed by atoms with Gasteiger partial charge in [0.1, 0.15) is 4.21 Å². The van der Waals surface area contributed by atoms with Crippen molar-refractivity contribution in [2.24, 2.45) is 5.92 Å². The van der Waals surface area contributed by atoms with Crippen LogP contribution in [0.3, 0.4) is 0 Å². The standard InChI is InChI=1S/C12H20N2O3S2/c1-2-14-4-3-10(7-14)6-13-19(16,17)12-5-11(8-15)9-18-12/h5,9-10,13,15H,2-4,6-8H2,1H3. The zero-order valence-corrected chi connectivity index (χ0v) is 12.6. The lowest BCUT2D eigenvalue weighted by Gasteiger charge is -2.13. The molecule has 1 aliphatic heterocycles. The normalized spacial score (nSPS) is 21.1. The van der Waals surface area contributed by atoms with Gasteiger partial charge >= 0.3 is 0 Å². The molecule has 2 rings (SSSR count). The number of thiophene rings is 1. The van der Waals surface area contributed by atoms with Gasteiger partial charge in [0.25, 0.3) is 0 Å². The zero-order chi connectivity index (χ0) is 13.9. The maximum atomic E-state index is 12.1. The largest absolute Gasteiger partial charge is 0.392 e. The summed E-state index contributed by atoms with van der Waals surface area (Å²) < 4.78 is 27.1. The highest BCUT2D eigenvalue weighted by Gasteiger charge is 2.24. The number of likely N-dealkylation sites (tertiary alicyclic amines) is 1. The first-order chi connectivity index (χ1) is 9.05. The predicted octanol–water partition coefficient (Wildman–Crippen LogP) is 0.861. The second kappa shape index (κ2) is 6.32. The molecule has 1 aliphatic rings. The van der Waals surface area contributed by atoms with Gasteiger partial charge in [0.05, 0.1) is 6.61 Å². The van der Waals surface area contributed by atoms with E-state index in [1.807, 2.05) is 0 Å². The molecule has 0 aliphatic carbocycles. The fourth-order valence-electron chi connectivity index (χ4n) is 2.24. The molecule has 5 nitrogen and oxygen atoms in total. The van der Waals surface area contributed by atoms with Crippen LogP contribution < -0.4 is 4.72 Å². The third-order valence-corrected chi connectivity index (χ3v) is 6.37. The first-order valence-electron chi connectivity index (χ1n) is 6.45. The molecule has 2 N–H and O–H groups in total. The van der Waals surface area contributed by atoms with Gasteiger partial charge in [0, 0.05) is 13.1 Å². The van der Waals surface area contributed by atoms with E-state index in [4.69, 9.17) is 5.11 Å². The van der Waals surface area contributed by atoms with Crippen molar-refractivity contribution in [1.82, 2.24) is 9.62 Å². The lowest BCUT2D eigenvalue weighted by molar-refractivity contribution is 0.282. The molecule has 0 aromatic carbocycles. The van der Waals surface area contributed by atoms with Gasteiger partial charge in [-0.3, -0.25) is 0 Å². The number of sulfonamides is 1. The summed E-state index contributed by atoms with van der Waals surface area (Å²) in [4.78, 5) is 2.33. The van der Waals surface area contributed by atoms with Gasteiger partial charge in [-0.25, -0.2) is 13.1 Å². The number of rotatable bonds is 6. The summed E-state index contributed by atoms with van der Waals surface area (Å²) in [7, 11) is -3.42. The summed E-state index contributed by atoms with van der Waals surface area (Å²) in [6.45, 7) is 5.52. The molecule has 1 atom stereocenters. The van der Waals surface area contributed by atoms with Crippen LogP contribution in [0.2, 0.25) is 0 Å². The highest BCUT2D eigenvalue weighted by atomic mass is 32.2. The van der Waals surface area contributed by atoms with Crippen molar-refractivity contribution in [2.75, 3.05) is 26.2 Å². The number of nitrogens with one attached hydrogen (secondary N) is 1. The Morgan fingerprint density at radius 2 is 2.37 bits per heavy atom. The fourth-order valence-corrected chi connectivity index (χ4v) is 4.60. The van der Waals surface area contributed by atoms with Crippen LogP contribution in [0.5, 0.6) is 0 Å². The predicted molar refractivity (Wildman–Crippen MR) is 75.7 cm³/mol. The molecule has 2 heterocycles. The first kappa shape index (κ1) is 14.9. The van der Waals surface area contributed by atoms with E-state index in [0.29, 0.717) is 18.0 Å². The molecule has 0 radical (unpaired) electrons. The fraction of sp³-hybridized carbons (Fsp3) is 0.667. The van der Waals surface area contributed by atoms with Crippen molar-refractivity contribution >= 4 is 21.4 Å². The molecule has 19 heavy (non-hydrogen) atoms. The number of nitrogens with zero attached hydrogens (tertiary/aromatic N) is 1. The molecule has 1 fully saturated rings. The Kier molecular flexibility index (Phi) is 4.97. The molecule has 1 aromatic rings. The summed E-state index contributed by atoms with van der Waals surface area (Å²) in [5.74, 6) is 0.395. The van der Waals surface area contributed by atoms with E-state index in [1.54, 1.807) is 5.38 Å². The minimum absolute atomic E-state index is 0.125. The molecule has 0 saturated carbocycles. The molecule has 1 unspecified atom stereocenters. The maximum absolute atomic E-state index is 12.1. The van der Waals surface area contributed by atoms with Crippen molar-refractivity contribution < 1.29 is 13.5 Å². The van der Waals surface area contributed by atoms with E-state index in [9.17, 15) is 8.42 Å². The molecular weight excluding hydrogens is 284 g/mol. The molecule has 7 heteroatoms. The Hall–Kier alpha value is -0.470. The van der Waals surface area contributed by atoms with E-state index in [-0.39, 0.29) is 10.8 Å². The lowest BCUT2D eigenvalue weighted by Crippen LogP contribution is -2.30. The van der Waals surface area contributed by atoms with Gasteiger partial charge in [-0.05, 0) is 42.4 Å². The SMILES string of the molecule is CCN1CCC(CNS(=O)(=O)c2cc(CO)cs2)C1. The third kappa shape index (κ3) is 3.76. The molecule has 1 saturated heterocycles. The van der Waals surface area contributed by atoms with Crippen molar-refractivity contribution in [3.63, 3.8) is 0 Å². The van der Waals surface area contributed by atoms with Crippen molar-refractivity contribution in [3.05, 3.63) is 17.0 Å². The zero-order valence-electron chi connectivity index (χ0n) is 11.0. The third-order valence-electron chi connectivity index (χ3n) is 3.46. The van der Waals surface area contributed by atoms with Crippen LogP contribution in [0.25, 0.3) is 0 Å². The first-order valence-corrected chi connectivity index (χ1v) is 8.81. The lowest BCUT2D eigenvalue weighted by atomic mass is 10.1. The van der Waals surface area contributed by atoms with Crippen LogP contribution in [0.15, 0.2) is 15.7 Å². The average Bonchev–Trinajstić information content (AvgIpc) is 3.05. The molecule has 0 bridgehead atoms. The van der Waals surface area contributed by atoms with E-state index in [2.05, 4.69) is 16.5 Å². The molecule has 0 amide bonds. The van der Waals surface area contributed by atoms with Crippen molar-refractivity contribution in [1.29, 1.82) is 0 Å². The van der Waals surface area contributed by atoms with E-state index >= 15 is 0 Å². The Labute approximate surface area is 118 Å². The number of hydrogen-bond donors (Lipinski definition) is 2. The summed E-state index contributed by atoms with van der Waals surface area (Å²) in [6, 6.07) is 1.53. The van der Waals surface area contributed by atoms with Gasteiger partial charge in [-0.2, -0.15) is 0 Å². The van der Waals surface area contributed by atoms with Gasteiger partial charge in [0.15, 0.2) is 0 Å². The molecule has 1 aromatic heterocycles. The van der Waals surface area contributed by atoms with Crippen molar-refractivity contribution in [3.8, 4) is 0 Å². The number of hydrogen-bond acceptors (Lipinski definition) is 5. The second-order valence-electron chi connectivity index (χ2n) is 4.83. The van der Waals surface area contributed by atoms with Crippen LogP contribution >= 0.6 is 11.3 Å². The van der Waals surface area contributed by atoms with Gasteiger partial charge in [-0.1, -0.05) is 6.92 Å². The minimum Gasteiger partial charge on any atom is -0.392 e. The Balaban J connectivity index is 1.91. The summed E-state index contributed by atoms with van der Waals surface area (Å²) in [6.07, 6.45) is 1.04. The summed E-state index contributed by atoms with van der Waals surface area (Å²) in [5.41, 5.74) is 0.642. The maximum Gasteiger partial charge on any atom is 0.250 e.